The summed E-state index contributed by atoms with van der Waals surface area (Å²) in [5, 5.41) is 3.19. The maximum Gasteiger partial charge on any atom is 0.162 e. The van der Waals surface area contributed by atoms with Crippen molar-refractivity contribution < 1.29 is 14.0 Å². The molecule has 2 rings (SSSR count). The van der Waals surface area contributed by atoms with Crippen molar-refractivity contribution in [1.29, 1.82) is 0 Å². The summed E-state index contributed by atoms with van der Waals surface area (Å²) in [4.78, 5) is 29.0. The first-order valence-electron chi connectivity index (χ1n) is 8.28. The molecule has 6 heteroatoms. The Labute approximate surface area is 146 Å². The third-order valence-electron chi connectivity index (χ3n) is 3.78. The van der Waals surface area contributed by atoms with Gasteiger partial charge in [0.05, 0.1) is 6.54 Å². The number of nitrogens with one attached hydrogen (secondary N) is 1. The minimum Gasteiger partial charge on any atom is -0.369 e. The van der Waals surface area contributed by atoms with Crippen LogP contribution in [0.3, 0.4) is 0 Å². The molecule has 0 amide bonds. The van der Waals surface area contributed by atoms with E-state index < -0.39 is 0 Å². The molecule has 0 unspecified atom stereocenters. The Morgan fingerprint density at radius 1 is 1.16 bits per heavy atom. The standard InChI is InChI=1S/C19H22FN3O2/c20-17-8-6-16(7-9-17)18(25)4-3-12-23(14-15-24)13-11-22-19-5-1-2-10-21-19/h1-2,5-10,15H,3-4,11-14H2,(H,21,22). The Morgan fingerprint density at radius 2 is 1.96 bits per heavy atom. The van der Waals surface area contributed by atoms with Gasteiger partial charge >= 0.3 is 0 Å². The SMILES string of the molecule is O=CCN(CCCC(=O)c1ccc(F)cc1)CCNc1ccccn1. The molecule has 1 aromatic heterocycles. The quantitative estimate of drug-likeness (QED) is 0.502. The van der Waals surface area contributed by atoms with Gasteiger partial charge in [0.1, 0.15) is 17.9 Å². The van der Waals surface area contributed by atoms with Gasteiger partial charge in [0, 0.05) is 31.3 Å². The predicted molar refractivity (Wildman–Crippen MR) is 95.2 cm³/mol. The first kappa shape index (κ1) is 18.7. The number of rotatable bonds is 11. The summed E-state index contributed by atoms with van der Waals surface area (Å²) in [7, 11) is 0. The fourth-order valence-electron chi connectivity index (χ4n) is 2.45. The smallest absolute Gasteiger partial charge is 0.162 e. The summed E-state index contributed by atoms with van der Waals surface area (Å²) < 4.78 is 12.9. The highest BCUT2D eigenvalue weighted by atomic mass is 19.1. The number of aromatic nitrogens is 1. The van der Waals surface area contributed by atoms with Crippen molar-refractivity contribution in [3.63, 3.8) is 0 Å². The number of anilines is 1. The van der Waals surface area contributed by atoms with Crippen LogP contribution in [0.4, 0.5) is 10.2 Å². The number of hydrogen-bond donors (Lipinski definition) is 1. The lowest BCUT2D eigenvalue weighted by molar-refractivity contribution is -0.108. The van der Waals surface area contributed by atoms with Gasteiger partial charge in [0.15, 0.2) is 5.78 Å². The molecule has 0 saturated carbocycles. The molecule has 0 spiro atoms. The van der Waals surface area contributed by atoms with E-state index in [2.05, 4.69) is 10.3 Å². The minimum absolute atomic E-state index is 0.0161. The molecule has 2 aromatic rings. The number of pyridine rings is 1. The van der Waals surface area contributed by atoms with Crippen LogP contribution >= 0.6 is 0 Å². The zero-order chi connectivity index (χ0) is 17.9. The maximum atomic E-state index is 12.9. The van der Waals surface area contributed by atoms with Gasteiger partial charge < -0.3 is 10.1 Å². The van der Waals surface area contributed by atoms with Crippen molar-refractivity contribution in [3.8, 4) is 0 Å². The highest BCUT2D eigenvalue weighted by molar-refractivity contribution is 5.95. The van der Waals surface area contributed by atoms with E-state index in [9.17, 15) is 14.0 Å². The summed E-state index contributed by atoms with van der Waals surface area (Å²) in [5.41, 5.74) is 0.514. The van der Waals surface area contributed by atoms with Gasteiger partial charge in [-0.25, -0.2) is 9.37 Å². The largest absolute Gasteiger partial charge is 0.369 e. The predicted octanol–water partition coefficient (Wildman–Crippen LogP) is 2.80. The topological polar surface area (TPSA) is 62.3 Å². The van der Waals surface area contributed by atoms with Crippen LogP contribution < -0.4 is 5.32 Å². The monoisotopic (exact) mass is 343 g/mol. The van der Waals surface area contributed by atoms with E-state index in [1.165, 1.54) is 24.3 Å². The lowest BCUT2D eigenvalue weighted by Crippen LogP contribution is -2.32. The number of ketones is 1. The van der Waals surface area contributed by atoms with Gasteiger partial charge in [-0.15, -0.1) is 0 Å². The van der Waals surface area contributed by atoms with Gasteiger partial charge in [-0.05, 0) is 49.4 Å². The van der Waals surface area contributed by atoms with Crippen molar-refractivity contribution >= 4 is 17.9 Å². The first-order valence-corrected chi connectivity index (χ1v) is 8.28. The lowest BCUT2D eigenvalue weighted by atomic mass is 10.1. The van der Waals surface area contributed by atoms with Crippen molar-refractivity contribution in [2.45, 2.75) is 12.8 Å². The molecule has 0 aliphatic heterocycles. The van der Waals surface area contributed by atoms with Crippen LogP contribution in [0, 0.1) is 5.82 Å². The molecule has 132 valence electrons. The molecule has 0 aliphatic rings. The highest BCUT2D eigenvalue weighted by Crippen LogP contribution is 2.08. The van der Waals surface area contributed by atoms with E-state index >= 15 is 0 Å². The summed E-state index contributed by atoms with van der Waals surface area (Å²) in [6.45, 7) is 2.32. The van der Waals surface area contributed by atoms with Crippen LogP contribution in [-0.2, 0) is 4.79 Å². The Balaban J connectivity index is 1.72. The van der Waals surface area contributed by atoms with E-state index in [1.54, 1.807) is 6.20 Å². The molecule has 1 aromatic carbocycles. The number of Topliss-reactive ketones (excluding diaryl/α,β-unsaturated/α-hetero) is 1. The number of hydrogen-bond acceptors (Lipinski definition) is 5. The van der Waals surface area contributed by atoms with Gasteiger partial charge in [-0.2, -0.15) is 0 Å². The van der Waals surface area contributed by atoms with Crippen LogP contribution in [0.15, 0.2) is 48.7 Å². The van der Waals surface area contributed by atoms with E-state index in [4.69, 9.17) is 0 Å². The molecular formula is C19H22FN3O2. The highest BCUT2D eigenvalue weighted by Gasteiger charge is 2.09. The lowest BCUT2D eigenvalue weighted by Gasteiger charge is -2.19. The van der Waals surface area contributed by atoms with Crippen molar-refractivity contribution in [2.24, 2.45) is 0 Å². The average Bonchev–Trinajstić information content (AvgIpc) is 2.63. The van der Waals surface area contributed by atoms with Crippen LogP contribution in [0.25, 0.3) is 0 Å². The number of halogens is 1. The molecule has 0 saturated heterocycles. The third kappa shape index (κ3) is 6.81. The number of aldehydes is 1. The summed E-state index contributed by atoms with van der Waals surface area (Å²) in [6, 6.07) is 11.2. The van der Waals surface area contributed by atoms with Crippen molar-refractivity contribution in [1.82, 2.24) is 9.88 Å². The van der Waals surface area contributed by atoms with Gasteiger partial charge in [-0.1, -0.05) is 6.07 Å². The third-order valence-corrected chi connectivity index (χ3v) is 3.78. The molecule has 0 aliphatic carbocycles. The zero-order valence-corrected chi connectivity index (χ0v) is 14.0. The summed E-state index contributed by atoms with van der Waals surface area (Å²) in [5.74, 6) is 0.423. The van der Waals surface area contributed by atoms with Crippen LogP contribution in [-0.4, -0.2) is 48.1 Å². The molecule has 5 nitrogen and oxygen atoms in total. The normalized spacial score (nSPS) is 10.6. The first-order chi connectivity index (χ1) is 12.2. The second-order valence-electron chi connectivity index (χ2n) is 5.64. The minimum atomic E-state index is -0.353. The van der Waals surface area contributed by atoms with Crippen LogP contribution in [0.2, 0.25) is 0 Å². The van der Waals surface area contributed by atoms with E-state index in [1.807, 2.05) is 23.1 Å². The fourth-order valence-corrected chi connectivity index (χ4v) is 2.45. The second kappa shape index (κ2) is 10.3. The number of carbonyl (C=O) groups is 2. The second-order valence-corrected chi connectivity index (χ2v) is 5.64. The van der Waals surface area contributed by atoms with E-state index in [0.29, 0.717) is 44.6 Å². The van der Waals surface area contributed by atoms with Crippen LogP contribution in [0.1, 0.15) is 23.2 Å². The van der Waals surface area contributed by atoms with Crippen molar-refractivity contribution in [2.75, 3.05) is 31.5 Å². The van der Waals surface area contributed by atoms with Gasteiger partial charge in [-0.3, -0.25) is 9.69 Å². The van der Waals surface area contributed by atoms with Gasteiger partial charge in [0.2, 0.25) is 0 Å². The Bertz CT molecular complexity index is 662. The zero-order valence-electron chi connectivity index (χ0n) is 14.0. The number of nitrogens with zero attached hydrogens (tertiary/aromatic N) is 2. The summed E-state index contributed by atoms with van der Waals surface area (Å²) >= 11 is 0. The number of carbonyl (C=O) groups excluding carboxylic acids is 2. The Morgan fingerprint density at radius 3 is 2.64 bits per heavy atom. The fraction of sp³-hybridized carbons (Fsp3) is 0.316. The Hall–Kier alpha value is -2.60. The molecule has 0 fully saturated rings. The Kier molecular flexibility index (Phi) is 7.72. The number of benzene rings is 1. The summed E-state index contributed by atoms with van der Waals surface area (Å²) in [6.07, 6.45) is 3.59. The maximum absolute atomic E-state index is 12.9. The van der Waals surface area contributed by atoms with Crippen molar-refractivity contribution in [3.05, 3.63) is 60.0 Å². The molecule has 0 radical (unpaired) electrons. The average molecular weight is 343 g/mol. The molecule has 0 atom stereocenters. The van der Waals surface area contributed by atoms with E-state index in [-0.39, 0.29) is 11.6 Å². The molecular weight excluding hydrogens is 321 g/mol. The molecule has 25 heavy (non-hydrogen) atoms. The van der Waals surface area contributed by atoms with E-state index in [0.717, 1.165) is 12.1 Å². The molecule has 0 bridgehead atoms. The molecule has 1 heterocycles. The van der Waals surface area contributed by atoms with Gasteiger partial charge in [0.25, 0.3) is 0 Å². The molecule has 1 N–H and O–H groups in total. The van der Waals surface area contributed by atoms with Crippen LogP contribution in [0.5, 0.6) is 0 Å².